The molecule has 0 saturated heterocycles. The van der Waals surface area contributed by atoms with Gasteiger partial charge in [0.2, 0.25) is 0 Å². The highest BCUT2D eigenvalue weighted by Crippen LogP contribution is 2.27. The Kier molecular flexibility index (Phi) is 2.71. The first kappa shape index (κ1) is 10.2. The van der Waals surface area contributed by atoms with Crippen molar-refractivity contribution in [1.29, 1.82) is 0 Å². The Hall–Kier alpha value is -0.900. The van der Waals surface area contributed by atoms with Crippen molar-refractivity contribution in [2.45, 2.75) is 32.6 Å². The summed E-state index contributed by atoms with van der Waals surface area (Å²) in [7, 11) is 0. The minimum atomic E-state index is -0.797. The number of rotatable bonds is 2. The first-order valence-electron chi connectivity index (χ1n) is 4.06. The lowest BCUT2D eigenvalue weighted by molar-refractivity contribution is -0.136. The van der Waals surface area contributed by atoms with E-state index in [-0.39, 0.29) is 11.8 Å². The summed E-state index contributed by atoms with van der Waals surface area (Å²) >= 11 is 1.41. The summed E-state index contributed by atoms with van der Waals surface area (Å²) in [5.41, 5.74) is 2.55. The number of hydrogen-bond acceptors (Lipinski definition) is 3. The van der Waals surface area contributed by atoms with E-state index in [2.05, 4.69) is 4.98 Å². The molecule has 0 unspecified atom stereocenters. The van der Waals surface area contributed by atoms with Crippen LogP contribution in [0.25, 0.3) is 0 Å². The number of hydrogen-bond donors (Lipinski definition) is 1. The summed E-state index contributed by atoms with van der Waals surface area (Å²) in [5.74, 6) is -0.797. The van der Waals surface area contributed by atoms with Gasteiger partial charge in [-0.05, 0) is 0 Å². The van der Waals surface area contributed by atoms with Gasteiger partial charge in [-0.2, -0.15) is 0 Å². The first-order chi connectivity index (χ1) is 5.91. The summed E-state index contributed by atoms with van der Waals surface area (Å²) in [6.07, 6.45) is 0.0806. The average molecular weight is 199 g/mol. The molecule has 4 heteroatoms. The third kappa shape index (κ3) is 2.52. The fraction of sp³-hybridized carbons (Fsp3) is 0.556. The number of thiazole rings is 1. The first-order valence-corrected chi connectivity index (χ1v) is 4.94. The second kappa shape index (κ2) is 3.46. The number of aliphatic carboxylic acids is 1. The Labute approximate surface area is 81.4 Å². The van der Waals surface area contributed by atoms with Crippen molar-refractivity contribution in [2.75, 3.05) is 0 Å². The van der Waals surface area contributed by atoms with E-state index in [0.717, 1.165) is 10.6 Å². The van der Waals surface area contributed by atoms with Gasteiger partial charge in [0.15, 0.2) is 0 Å². The molecule has 1 aromatic heterocycles. The van der Waals surface area contributed by atoms with Crippen LogP contribution >= 0.6 is 11.3 Å². The monoisotopic (exact) mass is 199 g/mol. The second-order valence-electron chi connectivity index (χ2n) is 3.94. The van der Waals surface area contributed by atoms with E-state index in [9.17, 15) is 4.79 Å². The molecule has 0 aliphatic heterocycles. The van der Waals surface area contributed by atoms with Crippen LogP contribution in [0.4, 0.5) is 0 Å². The molecule has 0 bridgehead atoms. The predicted molar refractivity (Wildman–Crippen MR) is 52.2 cm³/mol. The van der Waals surface area contributed by atoms with Gasteiger partial charge in [0, 0.05) is 10.3 Å². The maximum Gasteiger partial charge on any atom is 0.308 e. The zero-order valence-electron chi connectivity index (χ0n) is 8.00. The summed E-state index contributed by atoms with van der Waals surface area (Å²) in [4.78, 5) is 15.6. The van der Waals surface area contributed by atoms with Gasteiger partial charge >= 0.3 is 5.97 Å². The molecular formula is C9H13NO2S. The molecule has 0 aliphatic carbocycles. The number of carbonyl (C=O) groups is 1. The maximum absolute atomic E-state index is 10.5. The molecule has 13 heavy (non-hydrogen) atoms. The largest absolute Gasteiger partial charge is 0.481 e. The lowest BCUT2D eigenvalue weighted by atomic mass is 9.91. The Balaban J connectivity index is 2.96. The molecule has 0 aliphatic rings. The molecule has 0 aromatic carbocycles. The van der Waals surface area contributed by atoms with Gasteiger partial charge in [0.05, 0.1) is 17.6 Å². The van der Waals surface area contributed by atoms with Crippen LogP contribution in [0.2, 0.25) is 0 Å². The number of nitrogens with zero attached hydrogens (tertiary/aromatic N) is 1. The molecule has 72 valence electrons. The Morgan fingerprint density at radius 3 is 2.69 bits per heavy atom. The fourth-order valence-corrected chi connectivity index (χ4v) is 2.11. The van der Waals surface area contributed by atoms with Crippen LogP contribution in [0.1, 0.15) is 31.3 Å². The maximum atomic E-state index is 10.5. The van der Waals surface area contributed by atoms with Crippen LogP contribution in [0.3, 0.4) is 0 Å². The third-order valence-corrected chi connectivity index (χ3v) is 2.50. The van der Waals surface area contributed by atoms with Gasteiger partial charge in [-0.25, -0.2) is 4.98 Å². The van der Waals surface area contributed by atoms with Gasteiger partial charge in [-0.15, -0.1) is 11.3 Å². The smallest absolute Gasteiger partial charge is 0.308 e. The molecule has 0 saturated carbocycles. The molecule has 0 atom stereocenters. The summed E-state index contributed by atoms with van der Waals surface area (Å²) in [5, 5.41) is 8.65. The quantitative estimate of drug-likeness (QED) is 0.793. The van der Waals surface area contributed by atoms with Gasteiger partial charge in [0.25, 0.3) is 0 Å². The zero-order chi connectivity index (χ0) is 10.1. The van der Waals surface area contributed by atoms with Crippen LogP contribution < -0.4 is 0 Å². The normalized spacial score (nSPS) is 11.6. The van der Waals surface area contributed by atoms with Crippen LogP contribution in [0, 0.1) is 0 Å². The van der Waals surface area contributed by atoms with Crippen molar-refractivity contribution in [3.05, 3.63) is 16.1 Å². The van der Waals surface area contributed by atoms with E-state index in [4.69, 9.17) is 5.11 Å². The third-order valence-electron chi connectivity index (χ3n) is 1.66. The number of carboxylic acids is 1. The van der Waals surface area contributed by atoms with Gasteiger partial charge in [0.1, 0.15) is 0 Å². The van der Waals surface area contributed by atoms with E-state index in [1.54, 1.807) is 5.51 Å². The topological polar surface area (TPSA) is 50.2 Å². The Bertz CT molecular complexity index is 312. The van der Waals surface area contributed by atoms with E-state index < -0.39 is 5.97 Å². The zero-order valence-corrected chi connectivity index (χ0v) is 8.81. The fourth-order valence-electron chi connectivity index (χ4n) is 1.15. The molecule has 1 rings (SSSR count). The highest BCUT2D eigenvalue weighted by Gasteiger charge is 2.21. The van der Waals surface area contributed by atoms with Crippen LogP contribution in [-0.2, 0) is 16.6 Å². The van der Waals surface area contributed by atoms with Gasteiger partial charge < -0.3 is 5.11 Å². The molecular weight excluding hydrogens is 186 g/mol. The van der Waals surface area contributed by atoms with E-state index in [1.807, 2.05) is 20.8 Å². The minimum Gasteiger partial charge on any atom is -0.481 e. The van der Waals surface area contributed by atoms with Crippen molar-refractivity contribution in [2.24, 2.45) is 0 Å². The average Bonchev–Trinajstić information content (AvgIpc) is 2.31. The Morgan fingerprint density at radius 1 is 1.62 bits per heavy atom. The van der Waals surface area contributed by atoms with E-state index in [1.165, 1.54) is 11.3 Å². The number of aromatic nitrogens is 1. The molecule has 0 fully saturated rings. The lowest BCUT2D eigenvalue weighted by Crippen LogP contribution is -2.15. The van der Waals surface area contributed by atoms with E-state index >= 15 is 0 Å². The molecule has 0 spiro atoms. The summed E-state index contributed by atoms with van der Waals surface area (Å²) < 4.78 is 0. The predicted octanol–water partition coefficient (Wildman–Crippen LogP) is 2.07. The molecule has 1 N–H and O–H groups in total. The molecule has 0 radical (unpaired) electrons. The van der Waals surface area contributed by atoms with Crippen LogP contribution in [-0.4, -0.2) is 16.1 Å². The minimum absolute atomic E-state index is 0.0647. The van der Waals surface area contributed by atoms with Crippen molar-refractivity contribution in [3.8, 4) is 0 Å². The standard InChI is InChI=1S/C9H13NO2S/c1-9(2,3)8-6(4-7(11)12)13-5-10-8/h5H,4H2,1-3H3,(H,11,12). The number of carboxylic acid groups (broad SMARTS) is 1. The highest BCUT2D eigenvalue weighted by atomic mass is 32.1. The van der Waals surface area contributed by atoms with Gasteiger partial charge in [-0.1, -0.05) is 20.8 Å². The molecule has 1 aromatic rings. The SMILES string of the molecule is CC(C)(C)c1ncsc1CC(=O)O. The molecule has 3 nitrogen and oxygen atoms in total. The van der Waals surface area contributed by atoms with Crippen LogP contribution in [0.5, 0.6) is 0 Å². The second-order valence-corrected chi connectivity index (χ2v) is 4.88. The van der Waals surface area contributed by atoms with Crippen LogP contribution in [0.15, 0.2) is 5.51 Å². The molecule has 1 heterocycles. The van der Waals surface area contributed by atoms with Crippen molar-refractivity contribution >= 4 is 17.3 Å². The van der Waals surface area contributed by atoms with Gasteiger partial charge in [-0.3, -0.25) is 4.79 Å². The van der Waals surface area contributed by atoms with Crippen molar-refractivity contribution in [3.63, 3.8) is 0 Å². The van der Waals surface area contributed by atoms with Crippen molar-refractivity contribution < 1.29 is 9.90 Å². The highest BCUT2D eigenvalue weighted by molar-refractivity contribution is 7.09. The molecule has 0 amide bonds. The van der Waals surface area contributed by atoms with E-state index in [0.29, 0.717) is 0 Å². The van der Waals surface area contributed by atoms with Crippen molar-refractivity contribution in [1.82, 2.24) is 4.98 Å². The summed E-state index contributed by atoms with van der Waals surface area (Å²) in [6.45, 7) is 6.11. The lowest BCUT2D eigenvalue weighted by Gasteiger charge is -2.16. The summed E-state index contributed by atoms with van der Waals surface area (Å²) in [6, 6.07) is 0. The Morgan fingerprint density at radius 2 is 2.23 bits per heavy atom.